The SMILES string of the molecule is CCC(c1cc2onc(C(F)(F)F)c2c(=O)n1Cc1ccccc1)N(CCCN)C(=O)c1ccc(C)cc1. The number of carbonyl (C=O) groups is 1. The zero-order chi connectivity index (χ0) is 27.4. The van der Waals surface area contributed by atoms with E-state index in [0.717, 1.165) is 5.56 Å². The van der Waals surface area contributed by atoms with Crippen molar-refractivity contribution < 1.29 is 22.5 Å². The number of alkyl halides is 3. The zero-order valence-electron chi connectivity index (χ0n) is 21.2. The van der Waals surface area contributed by atoms with Gasteiger partial charge in [0, 0.05) is 23.9 Å². The fourth-order valence-electron chi connectivity index (χ4n) is 4.58. The van der Waals surface area contributed by atoms with Gasteiger partial charge in [-0.1, -0.05) is 60.1 Å². The lowest BCUT2D eigenvalue weighted by molar-refractivity contribution is -0.141. The van der Waals surface area contributed by atoms with E-state index in [2.05, 4.69) is 5.16 Å². The fourth-order valence-corrected chi connectivity index (χ4v) is 4.58. The molecule has 4 aromatic rings. The van der Waals surface area contributed by atoms with Gasteiger partial charge in [0.2, 0.25) is 5.69 Å². The van der Waals surface area contributed by atoms with E-state index in [4.69, 9.17) is 10.3 Å². The molecule has 1 atom stereocenters. The Kier molecular flexibility index (Phi) is 8.01. The molecule has 0 spiro atoms. The molecule has 1 amide bonds. The molecule has 0 aliphatic carbocycles. The number of carbonyl (C=O) groups excluding carboxylic acids is 1. The number of rotatable bonds is 9. The van der Waals surface area contributed by atoms with Crippen LogP contribution in [0.2, 0.25) is 0 Å². The Morgan fingerprint density at radius 1 is 1.13 bits per heavy atom. The predicted molar refractivity (Wildman–Crippen MR) is 138 cm³/mol. The second-order valence-electron chi connectivity index (χ2n) is 9.15. The number of fused-ring (bicyclic) bond motifs is 1. The Morgan fingerprint density at radius 3 is 2.42 bits per heavy atom. The zero-order valence-corrected chi connectivity index (χ0v) is 21.2. The fraction of sp³-hybridized carbons (Fsp3) is 0.321. The summed E-state index contributed by atoms with van der Waals surface area (Å²) in [7, 11) is 0. The van der Waals surface area contributed by atoms with Gasteiger partial charge < -0.3 is 19.7 Å². The maximum absolute atomic E-state index is 13.7. The second-order valence-corrected chi connectivity index (χ2v) is 9.15. The monoisotopic (exact) mass is 526 g/mol. The maximum Gasteiger partial charge on any atom is 0.437 e. The van der Waals surface area contributed by atoms with Gasteiger partial charge in [-0.25, -0.2) is 0 Å². The summed E-state index contributed by atoms with van der Waals surface area (Å²) in [6, 6.07) is 16.8. The van der Waals surface area contributed by atoms with Gasteiger partial charge in [-0.3, -0.25) is 9.59 Å². The molecule has 0 radical (unpaired) electrons. The molecular weight excluding hydrogens is 497 g/mol. The minimum Gasteiger partial charge on any atom is -0.355 e. The minimum atomic E-state index is -4.87. The molecule has 0 saturated heterocycles. The first-order valence-electron chi connectivity index (χ1n) is 12.4. The molecule has 0 aliphatic heterocycles. The van der Waals surface area contributed by atoms with Gasteiger partial charge in [0.1, 0.15) is 5.39 Å². The van der Waals surface area contributed by atoms with Crippen LogP contribution in [0, 0.1) is 6.92 Å². The highest BCUT2D eigenvalue weighted by atomic mass is 19.4. The van der Waals surface area contributed by atoms with Gasteiger partial charge in [0.25, 0.3) is 11.5 Å². The van der Waals surface area contributed by atoms with Crippen molar-refractivity contribution in [1.82, 2.24) is 14.6 Å². The van der Waals surface area contributed by atoms with Crippen LogP contribution in [0.4, 0.5) is 13.2 Å². The number of amides is 1. The highest BCUT2D eigenvalue weighted by Gasteiger charge is 2.39. The van der Waals surface area contributed by atoms with Gasteiger partial charge in [-0.2, -0.15) is 13.2 Å². The number of halogens is 3. The Bertz CT molecular complexity index is 1460. The standard InChI is InChI=1S/C28H29F3N4O3/c1-3-21(34(15-7-14-32)26(36)20-12-10-18(2)11-13-20)22-16-23-24(25(33-38-23)28(29,30)31)27(37)35(22)17-19-8-5-4-6-9-19/h4-6,8-13,16,21H,3,7,14-15,17,32H2,1-2H3. The lowest BCUT2D eigenvalue weighted by atomic mass is 10.0. The quantitative estimate of drug-likeness (QED) is 0.319. The Balaban J connectivity index is 1.92. The van der Waals surface area contributed by atoms with Crippen molar-refractivity contribution in [3.05, 3.63) is 99.1 Å². The number of benzene rings is 2. The smallest absolute Gasteiger partial charge is 0.355 e. The third-order valence-corrected chi connectivity index (χ3v) is 6.49. The molecule has 10 heteroatoms. The predicted octanol–water partition coefficient (Wildman–Crippen LogP) is 5.31. The molecule has 38 heavy (non-hydrogen) atoms. The van der Waals surface area contributed by atoms with Crippen molar-refractivity contribution in [2.75, 3.05) is 13.1 Å². The third kappa shape index (κ3) is 5.50. The Morgan fingerprint density at radius 2 is 1.82 bits per heavy atom. The van der Waals surface area contributed by atoms with Crippen molar-refractivity contribution in [3.63, 3.8) is 0 Å². The molecule has 0 aliphatic rings. The summed E-state index contributed by atoms with van der Waals surface area (Å²) < 4.78 is 47.3. The molecule has 0 bridgehead atoms. The van der Waals surface area contributed by atoms with Crippen LogP contribution in [-0.2, 0) is 12.7 Å². The maximum atomic E-state index is 13.7. The molecule has 200 valence electrons. The van der Waals surface area contributed by atoms with E-state index in [1.807, 2.05) is 32.0 Å². The van der Waals surface area contributed by atoms with E-state index in [0.29, 0.717) is 42.8 Å². The van der Waals surface area contributed by atoms with Gasteiger partial charge in [0.05, 0.1) is 12.6 Å². The van der Waals surface area contributed by atoms with Gasteiger partial charge in [0.15, 0.2) is 5.58 Å². The lowest BCUT2D eigenvalue weighted by Gasteiger charge is -2.33. The third-order valence-electron chi connectivity index (χ3n) is 6.49. The van der Waals surface area contributed by atoms with Crippen LogP contribution < -0.4 is 11.3 Å². The topological polar surface area (TPSA) is 94.4 Å². The molecule has 0 saturated carbocycles. The molecular formula is C28H29F3N4O3. The number of aromatic nitrogens is 2. The number of hydrogen-bond donors (Lipinski definition) is 1. The first-order valence-corrected chi connectivity index (χ1v) is 12.4. The first-order chi connectivity index (χ1) is 18.2. The molecule has 0 fully saturated rings. The summed E-state index contributed by atoms with van der Waals surface area (Å²) in [6.45, 7) is 4.41. The summed E-state index contributed by atoms with van der Waals surface area (Å²) in [4.78, 5) is 29.0. The summed E-state index contributed by atoms with van der Waals surface area (Å²) >= 11 is 0. The van der Waals surface area contributed by atoms with Crippen LogP contribution in [0.3, 0.4) is 0 Å². The number of pyridine rings is 1. The molecule has 4 rings (SSSR count). The van der Waals surface area contributed by atoms with Crippen molar-refractivity contribution in [2.45, 2.75) is 45.5 Å². The normalized spacial score (nSPS) is 12.6. The van der Waals surface area contributed by atoms with Crippen molar-refractivity contribution >= 4 is 16.9 Å². The van der Waals surface area contributed by atoms with Crippen molar-refractivity contribution in [2.24, 2.45) is 5.73 Å². The number of aryl methyl sites for hydroxylation is 1. The lowest BCUT2D eigenvalue weighted by Crippen LogP contribution is -2.39. The van der Waals surface area contributed by atoms with Gasteiger partial charge in [-0.05, 0) is 44.0 Å². The molecule has 7 nitrogen and oxygen atoms in total. The van der Waals surface area contributed by atoms with E-state index in [1.165, 1.54) is 10.6 Å². The van der Waals surface area contributed by atoms with Crippen LogP contribution in [-0.4, -0.2) is 33.6 Å². The average molecular weight is 527 g/mol. The summed E-state index contributed by atoms with van der Waals surface area (Å²) in [5.41, 5.74) is 5.78. The van der Waals surface area contributed by atoms with E-state index >= 15 is 0 Å². The van der Waals surface area contributed by atoms with Crippen molar-refractivity contribution in [1.29, 1.82) is 0 Å². The molecule has 2 aromatic heterocycles. The number of hydrogen-bond acceptors (Lipinski definition) is 5. The highest BCUT2D eigenvalue weighted by Crippen LogP contribution is 2.35. The van der Waals surface area contributed by atoms with E-state index in [9.17, 15) is 22.8 Å². The van der Waals surface area contributed by atoms with Crippen LogP contribution in [0.5, 0.6) is 0 Å². The minimum absolute atomic E-state index is 0.00732. The average Bonchev–Trinajstić information content (AvgIpc) is 3.34. The second kappa shape index (κ2) is 11.2. The summed E-state index contributed by atoms with van der Waals surface area (Å²) in [5, 5.41) is 2.54. The van der Waals surface area contributed by atoms with Crippen LogP contribution in [0.25, 0.3) is 11.0 Å². The highest BCUT2D eigenvalue weighted by molar-refractivity contribution is 5.94. The Hall–Kier alpha value is -3.92. The van der Waals surface area contributed by atoms with E-state index < -0.39 is 28.9 Å². The van der Waals surface area contributed by atoms with E-state index in [1.54, 1.807) is 41.3 Å². The first kappa shape index (κ1) is 27.1. The summed E-state index contributed by atoms with van der Waals surface area (Å²) in [6.07, 6.45) is -3.98. The number of nitrogens with zero attached hydrogens (tertiary/aromatic N) is 3. The molecule has 2 N–H and O–H groups in total. The number of nitrogens with two attached hydrogens (primary N) is 1. The van der Waals surface area contributed by atoms with Gasteiger partial charge >= 0.3 is 6.18 Å². The van der Waals surface area contributed by atoms with Crippen LogP contribution in [0.1, 0.15) is 58.7 Å². The van der Waals surface area contributed by atoms with Crippen LogP contribution in [0.15, 0.2) is 70.0 Å². The van der Waals surface area contributed by atoms with Crippen LogP contribution >= 0.6 is 0 Å². The molecule has 1 unspecified atom stereocenters. The van der Waals surface area contributed by atoms with E-state index in [-0.39, 0.29) is 18.0 Å². The van der Waals surface area contributed by atoms with Crippen molar-refractivity contribution in [3.8, 4) is 0 Å². The molecule has 2 heterocycles. The largest absolute Gasteiger partial charge is 0.437 e. The Labute approximate surface area is 217 Å². The molecule has 2 aromatic carbocycles. The van der Waals surface area contributed by atoms with Gasteiger partial charge in [-0.15, -0.1) is 0 Å². The summed E-state index contributed by atoms with van der Waals surface area (Å²) in [5.74, 6) is -0.266.